The Labute approximate surface area is 116 Å². The SMILES string of the molecule is CCN(CC)CC(=O)OCCc1ccccc1.Cl. The average Bonchev–Trinajstić information content (AvgIpc) is 2.37. The molecule has 0 radical (unpaired) electrons. The first-order valence-corrected chi connectivity index (χ1v) is 6.18. The van der Waals surface area contributed by atoms with Gasteiger partial charge in [0.05, 0.1) is 13.2 Å². The van der Waals surface area contributed by atoms with E-state index >= 15 is 0 Å². The number of esters is 1. The first-order chi connectivity index (χ1) is 8.26. The molecular formula is C14H22ClNO2. The van der Waals surface area contributed by atoms with Crippen LogP contribution in [0.3, 0.4) is 0 Å². The van der Waals surface area contributed by atoms with Crippen LogP contribution in [-0.4, -0.2) is 37.1 Å². The van der Waals surface area contributed by atoms with E-state index in [2.05, 4.69) is 0 Å². The van der Waals surface area contributed by atoms with Crippen LogP contribution in [0.5, 0.6) is 0 Å². The summed E-state index contributed by atoms with van der Waals surface area (Å²) in [6.45, 7) is 6.70. The second-order valence-corrected chi connectivity index (χ2v) is 3.92. The second-order valence-electron chi connectivity index (χ2n) is 3.92. The molecule has 3 nitrogen and oxygen atoms in total. The van der Waals surface area contributed by atoms with Crippen molar-refractivity contribution in [1.82, 2.24) is 4.90 Å². The smallest absolute Gasteiger partial charge is 0.320 e. The lowest BCUT2D eigenvalue weighted by Crippen LogP contribution is -2.30. The van der Waals surface area contributed by atoms with E-state index in [0.29, 0.717) is 13.2 Å². The number of benzene rings is 1. The summed E-state index contributed by atoms with van der Waals surface area (Å²) in [5.74, 6) is -0.135. The monoisotopic (exact) mass is 271 g/mol. The lowest BCUT2D eigenvalue weighted by Gasteiger charge is -2.16. The van der Waals surface area contributed by atoms with Gasteiger partial charge in [-0.2, -0.15) is 0 Å². The van der Waals surface area contributed by atoms with Gasteiger partial charge >= 0.3 is 5.97 Å². The molecule has 0 atom stereocenters. The van der Waals surface area contributed by atoms with Crippen molar-refractivity contribution in [2.45, 2.75) is 20.3 Å². The van der Waals surface area contributed by atoms with Crippen molar-refractivity contribution in [3.8, 4) is 0 Å². The summed E-state index contributed by atoms with van der Waals surface area (Å²) in [5.41, 5.74) is 1.20. The molecule has 0 spiro atoms. The van der Waals surface area contributed by atoms with Gasteiger partial charge in [-0.1, -0.05) is 44.2 Å². The highest BCUT2D eigenvalue weighted by Gasteiger charge is 2.07. The zero-order valence-electron chi connectivity index (χ0n) is 11.1. The fourth-order valence-electron chi connectivity index (χ4n) is 1.60. The summed E-state index contributed by atoms with van der Waals surface area (Å²) in [6, 6.07) is 10.0. The van der Waals surface area contributed by atoms with Crippen LogP contribution in [0.2, 0.25) is 0 Å². The molecule has 0 saturated heterocycles. The number of nitrogens with zero attached hydrogens (tertiary/aromatic N) is 1. The summed E-state index contributed by atoms with van der Waals surface area (Å²) in [6.07, 6.45) is 0.783. The van der Waals surface area contributed by atoms with E-state index in [1.54, 1.807) is 0 Å². The van der Waals surface area contributed by atoms with Gasteiger partial charge in [-0.05, 0) is 18.7 Å². The van der Waals surface area contributed by atoms with Gasteiger partial charge in [0.1, 0.15) is 0 Å². The maximum atomic E-state index is 11.5. The molecule has 0 aliphatic carbocycles. The third-order valence-corrected chi connectivity index (χ3v) is 2.74. The maximum Gasteiger partial charge on any atom is 0.320 e. The number of carbonyl (C=O) groups excluding carboxylic acids is 1. The van der Waals surface area contributed by atoms with Crippen LogP contribution < -0.4 is 0 Å². The van der Waals surface area contributed by atoms with Crippen molar-refractivity contribution in [2.24, 2.45) is 0 Å². The molecular weight excluding hydrogens is 250 g/mol. The van der Waals surface area contributed by atoms with E-state index in [-0.39, 0.29) is 18.4 Å². The Bertz CT molecular complexity index is 326. The molecule has 18 heavy (non-hydrogen) atoms. The first-order valence-electron chi connectivity index (χ1n) is 6.18. The first kappa shape index (κ1) is 16.9. The van der Waals surface area contributed by atoms with Crippen molar-refractivity contribution in [1.29, 1.82) is 0 Å². The van der Waals surface area contributed by atoms with Gasteiger partial charge in [0.25, 0.3) is 0 Å². The molecule has 102 valence electrons. The van der Waals surface area contributed by atoms with E-state index in [0.717, 1.165) is 19.5 Å². The van der Waals surface area contributed by atoms with Crippen molar-refractivity contribution in [3.05, 3.63) is 35.9 Å². The van der Waals surface area contributed by atoms with Crippen LogP contribution >= 0.6 is 12.4 Å². The topological polar surface area (TPSA) is 29.5 Å². The quantitative estimate of drug-likeness (QED) is 0.714. The van der Waals surface area contributed by atoms with Gasteiger partial charge in [-0.15, -0.1) is 12.4 Å². The Hall–Kier alpha value is -1.06. The molecule has 0 fully saturated rings. The van der Waals surface area contributed by atoms with Crippen LogP contribution in [-0.2, 0) is 16.0 Å². The standard InChI is InChI=1S/C14H21NO2.ClH/c1-3-15(4-2)12-14(16)17-11-10-13-8-6-5-7-9-13;/h5-9H,3-4,10-12H2,1-2H3;1H. The van der Waals surface area contributed by atoms with Gasteiger partial charge in [-0.3, -0.25) is 9.69 Å². The zero-order valence-corrected chi connectivity index (χ0v) is 11.9. The van der Waals surface area contributed by atoms with Crippen LogP contribution in [0.4, 0.5) is 0 Å². The highest BCUT2D eigenvalue weighted by molar-refractivity contribution is 5.85. The van der Waals surface area contributed by atoms with Crippen molar-refractivity contribution in [2.75, 3.05) is 26.2 Å². The average molecular weight is 272 g/mol. The molecule has 0 aliphatic rings. The minimum atomic E-state index is -0.135. The normalized spacial score (nSPS) is 9.94. The molecule has 1 rings (SSSR count). The van der Waals surface area contributed by atoms with Gasteiger partial charge in [-0.25, -0.2) is 0 Å². The van der Waals surface area contributed by atoms with Crippen LogP contribution in [0, 0.1) is 0 Å². The lowest BCUT2D eigenvalue weighted by molar-refractivity contribution is -0.144. The molecule has 0 saturated carbocycles. The summed E-state index contributed by atoms with van der Waals surface area (Å²) in [5, 5.41) is 0. The number of carbonyl (C=O) groups is 1. The molecule has 0 unspecified atom stereocenters. The molecule has 4 heteroatoms. The van der Waals surface area contributed by atoms with Crippen LogP contribution in [0.15, 0.2) is 30.3 Å². The summed E-state index contributed by atoms with van der Waals surface area (Å²) >= 11 is 0. The Morgan fingerprint density at radius 2 is 1.78 bits per heavy atom. The fourth-order valence-corrected chi connectivity index (χ4v) is 1.60. The highest BCUT2D eigenvalue weighted by Crippen LogP contribution is 2.00. The van der Waals surface area contributed by atoms with Gasteiger partial charge < -0.3 is 4.74 Å². The maximum absolute atomic E-state index is 11.5. The van der Waals surface area contributed by atoms with Gasteiger partial charge in [0, 0.05) is 6.42 Å². The van der Waals surface area contributed by atoms with E-state index in [4.69, 9.17) is 4.74 Å². The largest absolute Gasteiger partial charge is 0.464 e. The van der Waals surface area contributed by atoms with E-state index in [9.17, 15) is 4.79 Å². The lowest BCUT2D eigenvalue weighted by atomic mass is 10.2. The highest BCUT2D eigenvalue weighted by atomic mass is 35.5. The van der Waals surface area contributed by atoms with Crippen molar-refractivity contribution in [3.63, 3.8) is 0 Å². The van der Waals surface area contributed by atoms with Crippen molar-refractivity contribution >= 4 is 18.4 Å². The van der Waals surface area contributed by atoms with Gasteiger partial charge in [0.2, 0.25) is 0 Å². The Morgan fingerprint density at radius 1 is 1.17 bits per heavy atom. The van der Waals surface area contributed by atoms with Gasteiger partial charge in [0.15, 0.2) is 0 Å². The molecule has 0 heterocycles. The molecule has 0 aliphatic heterocycles. The molecule has 0 N–H and O–H groups in total. The molecule has 1 aromatic rings. The number of hydrogen-bond acceptors (Lipinski definition) is 3. The fraction of sp³-hybridized carbons (Fsp3) is 0.500. The molecule has 0 aromatic heterocycles. The predicted molar refractivity (Wildman–Crippen MR) is 76.1 cm³/mol. The molecule has 0 amide bonds. The van der Waals surface area contributed by atoms with Crippen LogP contribution in [0.1, 0.15) is 19.4 Å². The predicted octanol–water partition coefficient (Wildman–Crippen LogP) is 2.54. The number of hydrogen-bond donors (Lipinski definition) is 0. The van der Waals surface area contributed by atoms with Crippen molar-refractivity contribution < 1.29 is 9.53 Å². The van der Waals surface area contributed by atoms with E-state index in [1.807, 2.05) is 49.1 Å². The number of likely N-dealkylation sites (N-methyl/N-ethyl adjacent to an activating group) is 1. The number of rotatable bonds is 7. The third kappa shape index (κ3) is 6.62. The van der Waals surface area contributed by atoms with E-state index in [1.165, 1.54) is 5.56 Å². The Balaban J connectivity index is 0.00000289. The minimum Gasteiger partial charge on any atom is -0.464 e. The zero-order chi connectivity index (χ0) is 12.5. The Morgan fingerprint density at radius 3 is 2.33 bits per heavy atom. The minimum absolute atomic E-state index is 0. The number of halogens is 1. The second kappa shape index (κ2) is 9.92. The Kier molecular flexibility index (Phi) is 9.33. The molecule has 0 bridgehead atoms. The summed E-state index contributed by atoms with van der Waals surface area (Å²) in [7, 11) is 0. The van der Waals surface area contributed by atoms with E-state index < -0.39 is 0 Å². The third-order valence-electron chi connectivity index (χ3n) is 2.74. The van der Waals surface area contributed by atoms with Crippen LogP contribution in [0.25, 0.3) is 0 Å². The number of ether oxygens (including phenoxy) is 1. The molecule has 1 aromatic carbocycles. The summed E-state index contributed by atoms with van der Waals surface area (Å²) < 4.78 is 5.20. The summed E-state index contributed by atoms with van der Waals surface area (Å²) in [4.78, 5) is 13.5.